The fourth-order valence-corrected chi connectivity index (χ4v) is 2.44. The third-order valence-electron chi connectivity index (χ3n) is 3.57. The molecule has 0 saturated carbocycles. The molecule has 0 saturated heterocycles. The first kappa shape index (κ1) is 16.5. The number of aryl methyl sites for hydroxylation is 1. The molecule has 1 unspecified atom stereocenters. The van der Waals surface area contributed by atoms with Crippen molar-refractivity contribution < 1.29 is 19.4 Å². The van der Waals surface area contributed by atoms with Crippen molar-refractivity contribution in [2.75, 3.05) is 7.11 Å². The number of carboxylic acid groups (broad SMARTS) is 1. The molecule has 0 aliphatic carbocycles. The van der Waals surface area contributed by atoms with Gasteiger partial charge < -0.3 is 15.2 Å². The number of aliphatic carboxylic acids is 1. The zero-order valence-electron chi connectivity index (χ0n) is 13.1. The van der Waals surface area contributed by atoms with Crippen LogP contribution in [0.5, 0.6) is 5.75 Å². The van der Waals surface area contributed by atoms with Gasteiger partial charge in [-0.3, -0.25) is 9.59 Å². The molecule has 0 radical (unpaired) electrons. The van der Waals surface area contributed by atoms with Crippen molar-refractivity contribution in [3.63, 3.8) is 0 Å². The number of hydrogen-bond donors (Lipinski definition) is 2. The highest BCUT2D eigenvalue weighted by Crippen LogP contribution is 2.24. The molecule has 2 aromatic rings. The quantitative estimate of drug-likeness (QED) is 0.859. The summed E-state index contributed by atoms with van der Waals surface area (Å²) >= 11 is 0. The van der Waals surface area contributed by atoms with Crippen LogP contribution in [0.15, 0.2) is 48.5 Å². The minimum Gasteiger partial charge on any atom is -0.496 e. The minimum atomic E-state index is -0.976. The average molecular weight is 313 g/mol. The van der Waals surface area contributed by atoms with Gasteiger partial charge >= 0.3 is 5.97 Å². The van der Waals surface area contributed by atoms with E-state index in [9.17, 15) is 9.59 Å². The van der Waals surface area contributed by atoms with E-state index in [0.717, 1.165) is 11.1 Å². The van der Waals surface area contributed by atoms with E-state index in [-0.39, 0.29) is 12.3 Å². The Balaban J connectivity index is 2.30. The Hall–Kier alpha value is -2.82. The zero-order valence-corrected chi connectivity index (χ0v) is 13.1. The van der Waals surface area contributed by atoms with Gasteiger partial charge in [-0.2, -0.15) is 0 Å². The van der Waals surface area contributed by atoms with Gasteiger partial charge in [0, 0.05) is 0 Å². The van der Waals surface area contributed by atoms with E-state index in [1.807, 2.05) is 31.2 Å². The summed E-state index contributed by atoms with van der Waals surface area (Å²) in [4.78, 5) is 23.7. The molecule has 2 N–H and O–H groups in total. The first-order chi connectivity index (χ1) is 11.0. The summed E-state index contributed by atoms with van der Waals surface area (Å²) in [5.41, 5.74) is 1.93. The maximum atomic E-state index is 12.6. The van der Waals surface area contributed by atoms with Crippen molar-refractivity contribution in [1.82, 2.24) is 5.32 Å². The van der Waals surface area contributed by atoms with E-state index in [4.69, 9.17) is 9.84 Å². The Labute approximate surface area is 134 Å². The van der Waals surface area contributed by atoms with Gasteiger partial charge in [0.15, 0.2) is 0 Å². The number of nitrogens with one attached hydrogen (secondary N) is 1. The fourth-order valence-electron chi connectivity index (χ4n) is 2.44. The van der Waals surface area contributed by atoms with E-state index in [1.54, 1.807) is 24.3 Å². The third kappa shape index (κ3) is 4.10. The normalized spacial score (nSPS) is 11.6. The summed E-state index contributed by atoms with van der Waals surface area (Å²) in [6, 6.07) is 13.8. The van der Waals surface area contributed by atoms with Crippen LogP contribution in [-0.2, 0) is 4.79 Å². The lowest BCUT2D eigenvalue weighted by Gasteiger charge is -2.19. The van der Waals surface area contributed by atoms with Gasteiger partial charge in [0.1, 0.15) is 5.75 Å². The molecular weight excluding hydrogens is 294 g/mol. The summed E-state index contributed by atoms with van der Waals surface area (Å²) < 4.78 is 5.24. The summed E-state index contributed by atoms with van der Waals surface area (Å²) in [5, 5.41) is 11.9. The molecule has 5 nitrogen and oxygen atoms in total. The molecule has 2 rings (SSSR count). The second-order valence-electron chi connectivity index (χ2n) is 5.19. The highest BCUT2D eigenvalue weighted by Gasteiger charge is 2.21. The topological polar surface area (TPSA) is 75.6 Å². The first-order valence-corrected chi connectivity index (χ1v) is 7.24. The van der Waals surface area contributed by atoms with Crippen molar-refractivity contribution >= 4 is 11.9 Å². The van der Waals surface area contributed by atoms with Gasteiger partial charge in [-0.25, -0.2) is 0 Å². The average Bonchev–Trinajstić information content (AvgIpc) is 2.54. The number of hydrogen-bond acceptors (Lipinski definition) is 3. The first-order valence-electron chi connectivity index (χ1n) is 7.24. The maximum absolute atomic E-state index is 12.6. The van der Waals surface area contributed by atoms with Gasteiger partial charge in [-0.15, -0.1) is 0 Å². The van der Waals surface area contributed by atoms with Crippen LogP contribution in [0.25, 0.3) is 0 Å². The second-order valence-corrected chi connectivity index (χ2v) is 5.19. The molecule has 0 fully saturated rings. The summed E-state index contributed by atoms with van der Waals surface area (Å²) in [6.45, 7) is 1.81. The van der Waals surface area contributed by atoms with Crippen molar-refractivity contribution in [2.24, 2.45) is 0 Å². The molecule has 0 heterocycles. The number of benzene rings is 2. The fraction of sp³-hybridized carbons (Fsp3) is 0.222. The molecule has 0 bridgehead atoms. The van der Waals surface area contributed by atoms with Crippen LogP contribution in [0.1, 0.15) is 33.9 Å². The van der Waals surface area contributed by atoms with Crippen LogP contribution in [0.4, 0.5) is 0 Å². The van der Waals surface area contributed by atoms with Crippen LogP contribution in [0.2, 0.25) is 0 Å². The highest BCUT2D eigenvalue weighted by molar-refractivity contribution is 5.98. The predicted octanol–water partition coefficient (Wildman–Crippen LogP) is 2.95. The smallest absolute Gasteiger partial charge is 0.305 e. The molecule has 0 aromatic heterocycles. The van der Waals surface area contributed by atoms with Crippen LogP contribution >= 0.6 is 0 Å². The minimum absolute atomic E-state index is 0.191. The third-order valence-corrected chi connectivity index (χ3v) is 3.57. The lowest BCUT2D eigenvalue weighted by molar-refractivity contribution is -0.137. The Morgan fingerprint density at radius 3 is 2.43 bits per heavy atom. The van der Waals surface area contributed by atoms with Crippen molar-refractivity contribution in [3.05, 3.63) is 65.2 Å². The molecule has 1 amide bonds. The summed E-state index contributed by atoms with van der Waals surface area (Å²) in [5.74, 6) is -0.865. The monoisotopic (exact) mass is 313 g/mol. The highest BCUT2D eigenvalue weighted by atomic mass is 16.5. The van der Waals surface area contributed by atoms with Crippen molar-refractivity contribution in [1.29, 1.82) is 0 Å². The van der Waals surface area contributed by atoms with Crippen molar-refractivity contribution in [3.8, 4) is 5.75 Å². The summed E-state index contributed by atoms with van der Waals surface area (Å²) in [6.07, 6.45) is -0.191. The number of rotatable bonds is 6. The predicted molar refractivity (Wildman–Crippen MR) is 86.6 cm³/mol. The van der Waals surface area contributed by atoms with Crippen molar-refractivity contribution in [2.45, 2.75) is 19.4 Å². The molecule has 120 valence electrons. The van der Waals surface area contributed by atoms with E-state index in [0.29, 0.717) is 11.3 Å². The molecule has 1 atom stereocenters. The van der Waals surface area contributed by atoms with E-state index in [1.165, 1.54) is 7.11 Å². The lowest BCUT2D eigenvalue weighted by atomic mass is 10.0. The SMILES string of the molecule is COc1cccc(C)c1C(=O)NC(CC(=O)O)c1ccccc1. The number of carboxylic acids is 1. The number of ether oxygens (including phenoxy) is 1. The molecule has 5 heteroatoms. The maximum Gasteiger partial charge on any atom is 0.305 e. The zero-order chi connectivity index (χ0) is 16.8. The molecule has 0 aliphatic heterocycles. The molecule has 2 aromatic carbocycles. The van der Waals surface area contributed by atoms with E-state index >= 15 is 0 Å². The van der Waals surface area contributed by atoms with Gasteiger partial charge in [0.05, 0.1) is 25.1 Å². The molecule has 0 aliphatic rings. The van der Waals surface area contributed by atoms with Gasteiger partial charge in [-0.1, -0.05) is 42.5 Å². The Morgan fingerprint density at radius 1 is 1.13 bits per heavy atom. The van der Waals surface area contributed by atoms with Gasteiger partial charge in [-0.05, 0) is 24.1 Å². The molecular formula is C18H19NO4. The number of carbonyl (C=O) groups excluding carboxylic acids is 1. The van der Waals surface area contributed by atoms with Crippen LogP contribution < -0.4 is 10.1 Å². The van der Waals surface area contributed by atoms with Crippen LogP contribution in [-0.4, -0.2) is 24.1 Å². The number of methoxy groups -OCH3 is 1. The van der Waals surface area contributed by atoms with E-state index in [2.05, 4.69) is 5.32 Å². The molecule has 0 spiro atoms. The standard InChI is InChI=1S/C18H19NO4/c1-12-7-6-10-15(23-2)17(12)18(22)19-14(11-16(20)21)13-8-4-3-5-9-13/h3-10,14H,11H2,1-2H3,(H,19,22)(H,20,21). The number of carbonyl (C=O) groups is 2. The Bertz CT molecular complexity index is 697. The molecule has 23 heavy (non-hydrogen) atoms. The van der Waals surface area contributed by atoms with E-state index < -0.39 is 12.0 Å². The number of amides is 1. The van der Waals surface area contributed by atoms with Gasteiger partial charge in [0.2, 0.25) is 0 Å². The van der Waals surface area contributed by atoms with Crippen LogP contribution in [0, 0.1) is 6.92 Å². The Morgan fingerprint density at radius 2 is 1.83 bits per heavy atom. The second kappa shape index (κ2) is 7.45. The Kier molecular flexibility index (Phi) is 5.36. The lowest BCUT2D eigenvalue weighted by Crippen LogP contribution is -2.31. The van der Waals surface area contributed by atoms with Gasteiger partial charge in [0.25, 0.3) is 5.91 Å². The summed E-state index contributed by atoms with van der Waals surface area (Å²) in [7, 11) is 1.50. The van der Waals surface area contributed by atoms with Crippen LogP contribution in [0.3, 0.4) is 0 Å². The largest absolute Gasteiger partial charge is 0.496 e.